The number of halogens is 1. The fourth-order valence-electron chi connectivity index (χ4n) is 0.944. The first-order valence-corrected chi connectivity index (χ1v) is 6.83. The normalized spacial score (nSPS) is 11.3. The van der Waals surface area contributed by atoms with E-state index in [1.807, 2.05) is 0 Å². The number of primary sulfonamides is 1. The largest absolute Gasteiger partial charge is 0.351 e. The van der Waals surface area contributed by atoms with Crippen molar-refractivity contribution in [3.05, 3.63) is 17.0 Å². The Hall–Kier alpha value is -0.630. The van der Waals surface area contributed by atoms with E-state index in [1.54, 1.807) is 11.4 Å². The molecule has 1 rings (SSSR count). The highest BCUT2D eigenvalue weighted by molar-refractivity contribution is 7.91. The summed E-state index contributed by atoms with van der Waals surface area (Å²) in [6.07, 6.45) is 0. The molecule has 0 saturated heterocycles. The summed E-state index contributed by atoms with van der Waals surface area (Å²) in [5.74, 6) is -0.516. The highest BCUT2D eigenvalue weighted by Crippen LogP contribution is 2.20. The van der Waals surface area contributed by atoms with Gasteiger partial charge in [0, 0.05) is 12.1 Å². The van der Waals surface area contributed by atoms with Crippen molar-refractivity contribution < 1.29 is 13.2 Å². The Bertz CT molecular complexity index is 455. The summed E-state index contributed by atoms with van der Waals surface area (Å²) in [6.45, 7) is 0.112. The van der Waals surface area contributed by atoms with E-state index in [1.165, 1.54) is 0 Å². The van der Waals surface area contributed by atoms with E-state index in [4.69, 9.17) is 16.7 Å². The van der Waals surface area contributed by atoms with Crippen LogP contribution in [-0.2, 0) is 21.4 Å². The number of nitrogens with two attached hydrogens (primary N) is 1. The third kappa shape index (κ3) is 3.45. The molecular formula is C7H9ClN2O3S2. The summed E-state index contributed by atoms with van der Waals surface area (Å²) in [5, 5.41) is 9.05. The minimum atomic E-state index is -3.71. The first-order chi connectivity index (χ1) is 6.95. The van der Waals surface area contributed by atoms with Crippen LogP contribution in [0.25, 0.3) is 0 Å². The predicted octanol–water partition coefficient (Wildman–Crippen LogP) is 0.251. The molecule has 3 N–H and O–H groups in total. The zero-order chi connectivity index (χ0) is 11.5. The maximum Gasteiger partial charge on any atom is 0.247 e. The molecule has 0 aliphatic heterocycles. The molecule has 0 saturated carbocycles. The van der Waals surface area contributed by atoms with Gasteiger partial charge in [0.2, 0.25) is 15.9 Å². The van der Waals surface area contributed by atoms with Gasteiger partial charge in [0.1, 0.15) is 10.1 Å². The van der Waals surface area contributed by atoms with Crippen LogP contribution in [0, 0.1) is 0 Å². The van der Waals surface area contributed by atoms with Crippen LogP contribution in [0.2, 0.25) is 0 Å². The second-order valence-electron chi connectivity index (χ2n) is 2.69. The number of amides is 1. The summed E-state index contributed by atoms with van der Waals surface area (Å²) in [6, 6.07) is 1.60. The molecule has 1 aromatic heterocycles. The Morgan fingerprint density at radius 2 is 2.27 bits per heavy atom. The molecule has 5 nitrogen and oxygen atoms in total. The summed E-state index contributed by atoms with van der Waals surface area (Å²) >= 11 is 6.29. The molecule has 0 aliphatic rings. The number of hydrogen-bond donors (Lipinski definition) is 2. The Morgan fingerprint density at radius 3 is 2.80 bits per heavy atom. The maximum absolute atomic E-state index is 11.1. The molecule has 0 radical (unpaired) electrons. The van der Waals surface area contributed by atoms with Crippen LogP contribution in [0.15, 0.2) is 15.7 Å². The van der Waals surface area contributed by atoms with Crippen molar-refractivity contribution in [1.82, 2.24) is 5.32 Å². The minimum absolute atomic E-state index is 0.0670. The number of thiophene rings is 1. The molecule has 0 aromatic carbocycles. The lowest BCUT2D eigenvalue weighted by atomic mass is 10.3. The lowest BCUT2D eigenvalue weighted by Gasteiger charge is -2.03. The van der Waals surface area contributed by atoms with Crippen LogP contribution in [0.4, 0.5) is 0 Å². The Kier molecular flexibility index (Phi) is 4.09. The zero-order valence-electron chi connectivity index (χ0n) is 7.57. The van der Waals surface area contributed by atoms with Gasteiger partial charge in [-0.3, -0.25) is 4.79 Å². The summed E-state index contributed by atoms with van der Waals surface area (Å²) < 4.78 is 22.2. The Morgan fingerprint density at radius 1 is 1.60 bits per heavy atom. The van der Waals surface area contributed by atoms with Crippen molar-refractivity contribution in [3.8, 4) is 0 Å². The summed E-state index contributed by atoms with van der Waals surface area (Å²) in [4.78, 5) is 10.8. The van der Waals surface area contributed by atoms with E-state index < -0.39 is 10.0 Å². The third-order valence-electron chi connectivity index (χ3n) is 1.56. The molecule has 1 heterocycles. The Balaban J connectivity index is 2.79. The molecular weight excluding hydrogens is 260 g/mol. The topological polar surface area (TPSA) is 89.3 Å². The maximum atomic E-state index is 11.1. The zero-order valence-corrected chi connectivity index (χ0v) is 9.95. The van der Waals surface area contributed by atoms with Crippen molar-refractivity contribution in [3.63, 3.8) is 0 Å². The van der Waals surface area contributed by atoms with E-state index >= 15 is 0 Å². The van der Waals surface area contributed by atoms with Gasteiger partial charge in [-0.2, -0.15) is 0 Å². The van der Waals surface area contributed by atoms with E-state index in [0.717, 1.165) is 11.3 Å². The second kappa shape index (κ2) is 4.93. The quantitative estimate of drug-likeness (QED) is 0.767. The van der Waals surface area contributed by atoms with Gasteiger partial charge in [0.15, 0.2) is 0 Å². The van der Waals surface area contributed by atoms with E-state index in [2.05, 4.69) is 5.32 Å². The lowest BCUT2D eigenvalue weighted by molar-refractivity contribution is -0.118. The van der Waals surface area contributed by atoms with Gasteiger partial charge in [0.25, 0.3) is 0 Å². The second-order valence-corrected chi connectivity index (χ2v) is 5.63. The molecule has 84 valence electrons. The first kappa shape index (κ1) is 12.4. The molecule has 1 aromatic rings. The average Bonchev–Trinajstić information content (AvgIpc) is 2.61. The monoisotopic (exact) mass is 268 g/mol. The van der Waals surface area contributed by atoms with Crippen molar-refractivity contribution in [2.75, 3.05) is 5.88 Å². The predicted molar refractivity (Wildman–Crippen MR) is 58.3 cm³/mol. The molecule has 0 bridgehead atoms. The van der Waals surface area contributed by atoms with Crippen molar-refractivity contribution in [1.29, 1.82) is 0 Å². The number of nitrogens with one attached hydrogen (secondary N) is 1. The summed E-state index contributed by atoms with van der Waals surface area (Å²) in [7, 11) is -3.71. The van der Waals surface area contributed by atoms with Crippen LogP contribution in [0.5, 0.6) is 0 Å². The van der Waals surface area contributed by atoms with Crippen LogP contribution >= 0.6 is 22.9 Å². The van der Waals surface area contributed by atoms with Crippen molar-refractivity contribution in [2.24, 2.45) is 5.14 Å². The molecule has 0 atom stereocenters. The van der Waals surface area contributed by atoms with Crippen LogP contribution in [-0.4, -0.2) is 20.2 Å². The molecule has 0 aliphatic carbocycles. The van der Waals surface area contributed by atoms with Gasteiger partial charge in [0.05, 0.1) is 0 Å². The van der Waals surface area contributed by atoms with E-state index in [9.17, 15) is 13.2 Å². The number of hydrogen-bond acceptors (Lipinski definition) is 4. The van der Waals surface area contributed by atoms with Gasteiger partial charge in [-0.25, -0.2) is 13.6 Å². The molecule has 8 heteroatoms. The number of rotatable bonds is 4. The highest BCUT2D eigenvalue weighted by Gasteiger charge is 2.15. The SMILES string of the molecule is NS(=O)(=O)c1sccc1CNC(=O)CCl. The number of carbonyl (C=O) groups excluding carboxylic acids is 1. The average molecular weight is 269 g/mol. The van der Waals surface area contributed by atoms with Crippen molar-refractivity contribution in [2.45, 2.75) is 10.8 Å². The Labute approximate surface area is 96.3 Å². The van der Waals surface area contributed by atoms with Crippen LogP contribution in [0.1, 0.15) is 5.56 Å². The van der Waals surface area contributed by atoms with E-state index in [-0.39, 0.29) is 22.5 Å². The molecule has 15 heavy (non-hydrogen) atoms. The lowest BCUT2D eigenvalue weighted by Crippen LogP contribution is -2.24. The smallest absolute Gasteiger partial charge is 0.247 e. The van der Waals surface area contributed by atoms with Crippen molar-refractivity contribution >= 4 is 38.9 Å². The number of alkyl halides is 1. The standard InChI is InChI=1S/C7H9ClN2O3S2/c8-3-6(11)10-4-5-1-2-14-7(5)15(9,12)13/h1-2H,3-4H2,(H,10,11)(H2,9,12,13). The van der Waals surface area contributed by atoms with E-state index in [0.29, 0.717) is 5.56 Å². The molecule has 0 unspecified atom stereocenters. The number of carbonyl (C=O) groups is 1. The van der Waals surface area contributed by atoms with Crippen LogP contribution < -0.4 is 10.5 Å². The fraction of sp³-hybridized carbons (Fsp3) is 0.286. The highest BCUT2D eigenvalue weighted by atomic mass is 35.5. The molecule has 0 fully saturated rings. The van der Waals surface area contributed by atoms with Gasteiger partial charge < -0.3 is 5.32 Å². The first-order valence-electron chi connectivity index (χ1n) is 3.87. The van der Waals surface area contributed by atoms with Gasteiger partial charge in [-0.05, 0) is 11.4 Å². The fourth-order valence-corrected chi connectivity index (χ4v) is 2.89. The minimum Gasteiger partial charge on any atom is -0.351 e. The molecule has 1 amide bonds. The summed E-state index contributed by atoms with van der Waals surface area (Å²) in [5.41, 5.74) is 0.473. The van der Waals surface area contributed by atoms with Gasteiger partial charge in [-0.15, -0.1) is 22.9 Å². The number of sulfonamides is 1. The van der Waals surface area contributed by atoms with Gasteiger partial charge in [-0.1, -0.05) is 0 Å². The molecule has 0 spiro atoms. The van der Waals surface area contributed by atoms with Gasteiger partial charge >= 0.3 is 0 Å². The third-order valence-corrected chi connectivity index (χ3v) is 4.32. The van der Waals surface area contributed by atoms with Crippen LogP contribution in [0.3, 0.4) is 0 Å².